The summed E-state index contributed by atoms with van der Waals surface area (Å²) in [6.07, 6.45) is 1.62. The van der Waals surface area contributed by atoms with E-state index in [4.69, 9.17) is 9.52 Å². The number of nitrogens with zero attached hydrogens (tertiary/aromatic N) is 1. The van der Waals surface area contributed by atoms with Gasteiger partial charge in [-0.2, -0.15) is 0 Å². The highest BCUT2D eigenvalue weighted by Gasteiger charge is 2.31. The Balaban J connectivity index is 2.64. The fraction of sp³-hybridized carbons (Fsp3) is 0.357. The van der Waals surface area contributed by atoms with Gasteiger partial charge in [0.05, 0.1) is 0 Å². The molecule has 0 aliphatic heterocycles. The van der Waals surface area contributed by atoms with Crippen molar-refractivity contribution in [1.82, 2.24) is 4.98 Å². The molecule has 2 rings (SSSR count). The molecule has 0 saturated carbocycles. The first-order chi connectivity index (χ1) is 9.49. The van der Waals surface area contributed by atoms with Gasteiger partial charge in [0.1, 0.15) is 5.52 Å². The zero-order chi connectivity index (χ0) is 14.9. The molecule has 1 unspecified atom stereocenters. The Labute approximate surface area is 121 Å². The number of rotatable bonds is 5. The molecular formula is C14H15NO4S. The highest BCUT2D eigenvalue weighted by atomic mass is 32.1. The molecule has 0 amide bonds. The molecule has 106 valence electrons. The lowest BCUT2D eigenvalue weighted by atomic mass is 10.0. The van der Waals surface area contributed by atoms with E-state index in [2.05, 4.69) is 17.6 Å². The molecule has 6 heteroatoms. The third-order valence-corrected chi connectivity index (χ3v) is 3.51. The Morgan fingerprint density at radius 3 is 2.55 bits per heavy atom. The smallest absolute Gasteiger partial charge is 0.324 e. The highest BCUT2D eigenvalue weighted by Crippen LogP contribution is 2.28. The summed E-state index contributed by atoms with van der Waals surface area (Å²) < 4.78 is 5.43. The van der Waals surface area contributed by atoms with Gasteiger partial charge in [0, 0.05) is 0 Å². The third-order valence-electron chi connectivity index (χ3n) is 3.25. The Hall–Kier alpha value is -1.82. The number of oxazole rings is 1. The molecule has 1 aromatic carbocycles. The Morgan fingerprint density at radius 1 is 1.35 bits per heavy atom. The summed E-state index contributed by atoms with van der Waals surface area (Å²) in [5.41, 5.74) is 3.29. The molecule has 2 aromatic rings. The zero-order valence-electron chi connectivity index (χ0n) is 11.2. The van der Waals surface area contributed by atoms with Crippen LogP contribution in [0.3, 0.4) is 0 Å². The first-order valence-corrected chi connectivity index (χ1v) is 6.81. The maximum absolute atomic E-state index is 11.3. The van der Waals surface area contributed by atoms with E-state index >= 15 is 0 Å². The maximum atomic E-state index is 11.3. The molecule has 20 heavy (non-hydrogen) atoms. The van der Waals surface area contributed by atoms with Gasteiger partial charge in [0.2, 0.25) is 16.9 Å². The number of fused-ring (bicyclic) bond motifs is 1. The van der Waals surface area contributed by atoms with E-state index in [9.17, 15) is 9.59 Å². The van der Waals surface area contributed by atoms with Crippen LogP contribution in [-0.2, 0) is 22.4 Å². The van der Waals surface area contributed by atoms with Crippen LogP contribution in [0.5, 0.6) is 0 Å². The molecule has 0 aliphatic carbocycles. The van der Waals surface area contributed by atoms with Gasteiger partial charge in [-0.15, -0.1) is 12.6 Å². The van der Waals surface area contributed by atoms with Gasteiger partial charge < -0.3 is 9.52 Å². The number of carbonyl (C=O) groups excluding carboxylic acids is 1. The monoisotopic (exact) mass is 293 g/mol. The third kappa shape index (κ3) is 2.43. The molecule has 0 saturated heterocycles. The van der Waals surface area contributed by atoms with Crippen LogP contribution in [0.2, 0.25) is 0 Å². The number of aromatic nitrogens is 1. The minimum atomic E-state index is -1.47. The topological polar surface area (TPSA) is 80.4 Å². The van der Waals surface area contributed by atoms with Crippen LogP contribution >= 0.6 is 12.6 Å². The molecule has 1 aromatic heterocycles. The number of carbonyl (C=O) groups is 2. The Morgan fingerprint density at radius 2 is 2.05 bits per heavy atom. The largest absolute Gasteiger partial charge is 0.480 e. The SMILES string of the molecule is CCc1ccc2oc(C(C(=O)O)C(=O)S)nc2c1CC. The second-order valence-corrected chi connectivity index (χ2v) is 4.86. The van der Waals surface area contributed by atoms with Gasteiger partial charge in [0.15, 0.2) is 5.58 Å². The molecule has 0 spiro atoms. The zero-order valence-corrected chi connectivity index (χ0v) is 12.1. The predicted molar refractivity (Wildman–Crippen MR) is 77.1 cm³/mol. The fourth-order valence-corrected chi connectivity index (χ4v) is 2.49. The summed E-state index contributed by atoms with van der Waals surface area (Å²) in [4.78, 5) is 26.7. The van der Waals surface area contributed by atoms with Gasteiger partial charge in [-0.05, 0) is 30.0 Å². The van der Waals surface area contributed by atoms with Gasteiger partial charge in [-0.3, -0.25) is 9.59 Å². The number of hydrogen-bond donors (Lipinski definition) is 2. The van der Waals surface area contributed by atoms with Gasteiger partial charge in [-0.25, -0.2) is 4.98 Å². The van der Waals surface area contributed by atoms with Crippen LogP contribution in [0.25, 0.3) is 11.1 Å². The van der Waals surface area contributed by atoms with Crippen molar-refractivity contribution in [3.05, 3.63) is 29.2 Å². The molecule has 1 atom stereocenters. The number of thiol groups is 1. The number of carboxylic acids is 1. The molecular weight excluding hydrogens is 278 g/mol. The first kappa shape index (κ1) is 14.6. The highest BCUT2D eigenvalue weighted by molar-refractivity contribution is 7.96. The molecule has 0 fully saturated rings. The maximum Gasteiger partial charge on any atom is 0.324 e. The lowest BCUT2D eigenvalue weighted by molar-refractivity contribution is -0.141. The van der Waals surface area contributed by atoms with Crippen molar-refractivity contribution in [3.63, 3.8) is 0 Å². The van der Waals surface area contributed by atoms with Crippen LogP contribution in [0.1, 0.15) is 36.8 Å². The average molecular weight is 293 g/mol. The summed E-state index contributed by atoms with van der Waals surface area (Å²) in [5, 5.41) is 8.29. The number of carboxylic acid groups (broad SMARTS) is 1. The van der Waals surface area contributed by atoms with E-state index in [0.717, 1.165) is 24.0 Å². The van der Waals surface area contributed by atoms with E-state index in [1.165, 1.54) is 0 Å². The van der Waals surface area contributed by atoms with Crippen LogP contribution < -0.4 is 0 Å². The Bertz CT molecular complexity index is 663. The van der Waals surface area contributed by atoms with E-state index < -0.39 is 17.0 Å². The minimum absolute atomic E-state index is 0.115. The van der Waals surface area contributed by atoms with Crippen LogP contribution in [0.4, 0.5) is 0 Å². The van der Waals surface area contributed by atoms with E-state index in [-0.39, 0.29) is 5.89 Å². The van der Waals surface area contributed by atoms with Crippen molar-refractivity contribution in [2.45, 2.75) is 32.6 Å². The van der Waals surface area contributed by atoms with E-state index in [0.29, 0.717) is 11.1 Å². The van der Waals surface area contributed by atoms with Crippen molar-refractivity contribution in [1.29, 1.82) is 0 Å². The molecule has 5 nitrogen and oxygen atoms in total. The van der Waals surface area contributed by atoms with Crippen molar-refractivity contribution >= 4 is 34.8 Å². The van der Waals surface area contributed by atoms with E-state index in [1.807, 2.05) is 19.9 Å². The normalized spacial score (nSPS) is 12.6. The summed E-state index contributed by atoms with van der Waals surface area (Å²) in [6, 6.07) is 3.69. The lowest BCUT2D eigenvalue weighted by Gasteiger charge is -2.04. The summed E-state index contributed by atoms with van der Waals surface area (Å²) in [6.45, 7) is 4.04. The summed E-state index contributed by atoms with van der Waals surface area (Å²) in [7, 11) is 0. The number of hydrogen-bond acceptors (Lipinski definition) is 4. The molecule has 0 bridgehead atoms. The number of aliphatic carboxylic acids is 1. The number of benzene rings is 1. The van der Waals surface area contributed by atoms with Gasteiger partial charge in [-0.1, -0.05) is 19.9 Å². The van der Waals surface area contributed by atoms with Crippen molar-refractivity contribution in [2.75, 3.05) is 0 Å². The molecule has 0 aliphatic rings. The van der Waals surface area contributed by atoms with Gasteiger partial charge >= 0.3 is 5.97 Å². The minimum Gasteiger partial charge on any atom is -0.480 e. The number of aryl methyl sites for hydroxylation is 2. The second-order valence-electron chi connectivity index (χ2n) is 4.42. The summed E-state index contributed by atoms with van der Waals surface area (Å²) >= 11 is 3.59. The quantitative estimate of drug-likeness (QED) is 0.654. The van der Waals surface area contributed by atoms with Crippen LogP contribution in [0.15, 0.2) is 16.5 Å². The molecule has 0 radical (unpaired) electrons. The average Bonchev–Trinajstić information content (AvgIpc) is 2.79. The fourth-order valence-electron chi connectivity index (χ4n) is 2.27. The first-order valence-electron chi connectivity index (χ1n) is 6.36. The summed E-state index contributed by atoms with van der Waals surface area (Å²) in [5.74, 6) is -2.90. The molecule has 1 N–H and O–H groups in total. The predicted octanol–water partition coefficient (Wildman–Crippen LogP) is 2.58. The van der Waals surface area contributed by atoms with Gasteiger partial charge in [0.25, 0.3) is 0 Å². The van der Waals surface area contributed by atoms with Crippen LogP contribution in [-0.4, -0.2) is 21.2 Å². The van der Waals surface area contributed by atoms with Crippen molar-refractivity contribution in [3.8, 4) is 0 Å². The Kier molecular flexibility index (Phi) is 4.13. The second kappa shape index (κ2) is 5.66. The van der Waals surface area contributed by atoms with Crippen molar-refractivity contribution in [2.24, 2.45) is 0 Å². The van der Waals surface area contributed by atoms with E-state index in [1.54, 1.807) is 6.07 Å². The standard InChI is InChI=1S/C14H15NO4S/c1-3-7-5-6-9-11(8(7)4-2)15-12(19-9)10(13(16)17)14(18)20/h5-6,10H,3-4H2,1-2H3,(H,16,17)(H,18,20). The molecule has 1 heterocycles. The van der Waals surface area contributed by atoms with Crippen LogP contribution in [0, 0.1) is 0 Å². The van der Waals surface area contributed by atoms with Crippen molar-refractivity contribution < 1.29 is 19.1 Å². The lowest BCUT2D eigenvalue weighted by Crippen LogP contribution is -2.18.